The van der Waals surface area contributed by atoms with E-state index in [1.807, 2.05) is 61.5 Å². The zero-order valence-electron chi connectivity index (χ0n) is 16.3. The molecule has 1 atom stereocenters. The molecule has 0 aliphatic heterocycles. The molecule has 2 aromatic carbocycles. The van der Waals surface area contributed by atoms with Crippen LogP contribution in [-0.2, 0) is 22.6 Å². The Morgan fingerprint density at radius 2 is 1.78 bits per heavy atom. The first-order chi connectivity index (χ1) is 13.0. The van der Waals surface area contributed by atoms with Gasteiger partial charge in [-0.25, -0.2) is 0 Å². The van der Waals surface area contributed by atoms with Crippen LogP contribution in [0.4, 0.5) is 0 Å². The lowest BCUT2D eigenvalue weighted by molar-refractivity contribution is -0.140. The normalized spacial score (nSPS) is 11.5. The van der Waals surface area contributed by atoms with Crippen LogP contribution in [0.15, 0.2) is 54.6 Å². The summed E-state index contributed by atoms with van der Waals surface area (Å²) in [6, 6.07) is 16.6. The van der Waals surface area contributed by atoms with Crippen LogP contribution in [-0.4, -0.2) is 36.4 Å². The van der Waals surface area contributed by atoms with Gasteiger partial charge in [0.05, 0.1) is 13.5 Å². The van der Waals surface area contributed by atoms with Gasteiger partial charge >= 0.3 is 0 Å². The van der Waals surface area contributed by atoms with Crippen LogP contribution in [0.5, 0.6) is 5.75 Å². The number of amides is 2. The molecule has 27 heavy (non-hydrogen) atoms. The lowest BCUT2D eigenvalue weighted by Crippen LogP contribution is -2.48. The molecule has 0 bridgehead atoms. The van der Waals surface area contributed by atoms with E-state index in [2.05, 4.69) is 5.32 Å². The Morgan fingerprint density at radius 3 is 2.44 bits per heavy atom. The van der Waals surface area contributed by atoms with Crippen LogP contribution in [0, 0.1) is 0 Å². The van der Waals surface area contributed by atoms with Crippen molar-refractivity contribution in [2.45, 2.75) is 39.3 Å². The summed E-state index contributed by atoms with van der Waals surface area (Å²) in [5, 5.41) is 2.88. The summed E-state index contributed by atoms with van der Waals surface area (Å²) in [6.07, 6.45) is 1.11. The molecule has 0 fully saturated rings. The standard InChI is InChI=1S/C22H28N2O3/c1-4-13-23-22(26)17(2)24(16-19-11-8-12-20(14-19)27-3)21(25)15-18-9-6-5-7-10-18/h5-12,14,17H,4,13,15-16H2,1-3H3,(H,23,26). The highest BCUT2D eigenvalue weighted by atomic mass is 16.5. The summed E-state index contributed by atoms with van der Waals surface area (Å²) in [4.78, 5) is 27.1. The van der Waals surface area contributed by atoms with Gasteiger partial charge in [-0.1, -0.05) is 49.4 Å². The molecule has 1 N–H and O–H groups in total. The fourth-order valence-electron chi connectivity index (χ4n) is 2.82. The average Bonchev–Trinajstić information content (AvgIpc) is 2.70. The predicted molar refractivity (Wildman–Crippen MR) is 106 cm³/mol. The van der Waals surface area contributed by atoms with Gasteiger partial charge in [0.2, 0.25) is 11.8 Å². The van der Waals surface area contributed by atoms with E-state index in [1.165, 1.54) is 0 Å². The monoisotopic (exact) mass is 368 g/mol. The molecule has 0 spiro atoms. The van der Waals surface area contributed by atoms with Crippen molar-refractivity contribution in [3.8, 4) is 5.75 Å². The SMILES string of the molecule is CCCNC(=O)C(C)N(Cc1cccc(OC)c1)C(=O)Cc1ccccc1. The summed E-state index contributed by atoms with van der Waals surface area (Å²) >= 11 is 0. The second-order valence-electron chi connectivity index (χ2n) is 6.50. The molecular weight excluding hydrogens is 340 g/mol. The molecule has 5 nitrogen and oxygen atoms in total. The lowest BCUT2D eigenvalue weighted by Gasteiger charge is -2.29. The molecule has 0 aromatic heterocycles. The molecule has 2 rings (SSSR count). The van der Waals surface area contributed by atoms with Gasteiger partial charge in [0.1, 0.15) is 11.8 Å². The van der Waals surface area contributed by atoms with Gasteiger partial charge < -0.3 is 15.0 Å². The highest BCUT2D eigenvalue weighted by molar-refractivity contribution is 5.88. The van der Waals surface area contributed by atoms with E-state index in [0.29, 0.717) is 13.1 Å². The van der Waals surface area contributed by atoms with Gasteiger partial charge in [-0.2, -0.15) is 0 Å². The Labute approximate surface area is 161 Å². The quantitative estimate of drug-likeness (QED) is 0.740. The Balaban J connectivity index is 2.20. The summed E-state index contributed by atoms with van der Waals surface area (Å²) < 4.78 is 5.27. The van der Waals surface area contributed by atoms with Crippen molar-refractivity contribution in [3.63, 3.8) is 0 Å². The Bertz CT molecular complexity index is 746. The van der Waals surface area contributed by atoms with Crippen molar-refractivity contribution in [3.05, 3.63) is 65.7 Å². The number of nitrogens with zero attached hydrogens (tertiary/aromatic N) is 1. The van der Waals surface area contributed by atoms with Gasteiger partial charge in [0, 0.05) is 13.1 Å². The van der Waals surface area contributed by atoms with Crippen LogP contribution in [0.1, 0.15) is 31.4 Å². The smallest absolute Gasteiger partial charge is 0.242 e. The minimum atomic E-state index is -0.557. The van der Waals surface area contributed by atoms with Gasteiger partial charge in [-0.05, 0) is 36.6 Å². The third kappa shape index (κ3) is 6.13. The number of hydrogen-bond donors (Lipinski definition) is 1. The van der Waals surface area contributed by atoms with E-state index in [4.69, 9.17) is 4.74 Å². The number of carbonyl (C=O) groups is 2. The van der Waals surface area contributed by atoms with E-state index in [1.54, 1.807) is 18.9 Å². The summed E-state index contributed by atoms with van der Waals surface area (Å²) in [5.74, 6) is 0.510. The molecule has 1 unspecified atom stereocenters. The molecule has 5 heteroatoms. The van der Waals surface area contributed by atoms with Crippen LogP contribution in [0.2, 0.25) is 0 Å². The zero-order valence-corrected chi connectivity index (χ0v) is 16.3. The van der Waals surface area contributed by atoms with Crippen LogP contribution in [0.25, 0.3) is 0 Å². The fraction of sp³-hybridized carbons (Fsp3) is 0.364. The maximum absolute atomic E-state index is 13.0. The third-order valence-corrected chi connectivity index (χ3v) is 4.40. The number of ether oxygens (including phenoxy) is 1. The Morgan fingerprint density at radius 1 is 1.07 bits per heavy atom. The molecular formula is C22H28N2O3. The summed E-state index contributed by atoms with van der Waals surface area (Å²) in [7, 11) is 1.61. The number of methoxy groups -OCH3 is 1. The first kappa shape index (κ1) is 20.5. The Kier molecular flexibility index (Phi) is 7.86. The zero-order chi connectivity index (χ0) is 19.6. The van der Waals surface area contributed by atoms with Crippen molar-refractivity contribution in [2.24, 2.45) is 0 Å². The van der Waals surface area contributed by atoms with Crippen molar-refractivity contribution in [1.82, 2.24) is 10.2 Å². The van der Waals surface area contributed by atoms with Crippen LogP contribution in [0.3, 0.4) is 0 Å². The summed E-state index contributed by atoms with van der Waals surface area (Å²) in [6.45, 7) is 4.72. The first-order valence-corrected chi connectivity index (χ1v) is 9.29. The molecule has 0 aliphatic rings. The third-order valence-electron chi connectivity index (χ3n) is 4.40. The van der Waals surface area contributed by atoms with Crippen molar-refractivity contribution >= 4 is 11.8 Å². The molecule has 2 aromatic rings. The van der Waals surface area contributed by atoms with Crippen molar-refractivity contribution < 1.29 is 14.3 Å². The van der Waals surface area contributed by atoms with E-state index < -0.39 is 6.04 Å². The maximum Gasteiger partial charge on any atom is 0.242 e. The van der Waals surface area contributed by atoms with Gasteiger partial charge in [-0.3, -0.25) is 9.59 Å². The van der Waals surface area contributed by atoms with Crippen molar-refractivity contribution in [2.75, 3.05) is 13.7 Å². The van der Waals surface area contributed by atoms with Gasteiger partial charge in [0.25, 0.3) is 0 Å². The number of rotatable bonds is 9. The maximum atomic E-state index is 13.0. The molecule has 144 valence electrons. The average molecular weight is 368 g/mol. The number of hydrogen-bond acceptors (Lipinski definition) is 3. The van der Waals surface area contributed by atoms with E-state index in [9.17, 15) is 9.59 Å². The largest absolute Gasteiger partial charge is 0.497 e. The second kappa shape index (κ2) is 10.4. The first-order valence-electron chi connectivity index (χ1n) is 9.29. The second-order valence-corrected chi connectivity index (χ2v) is 6.50. The minimum absolute atomic E-state index is 0.0804. The number of nitrogens with one attached hydrogen (secondary N) is 1. The molecule has 0 radical (unpaired) electrons. The van der Waals surface area contributed by atoms with E-state index >= 15 is 0 Å². The Hall–Kier alpha value is -2.82. The lowest BCUT2D eigenvalue weighted by atomic mass is 10.1. The van der Waals surface area contributed by atoms with Gasteiger partial charge in [-0.15, -0.1) is 0 Å². The number of benzene rings is 2. The van der Waals surface area contributed by atoms with E-state index in [-0.39, 0.29) is 18.2 Å². The fourth-order valence-corrected chi connectivity index (χ4v) is 2.82. The summed E-state index contributed by atoms with van der Waals surface area (Å²) in [5.41, 5.74) is 1.85. The van der Waals surface area contributed by atoms with E-state index in [0.717, 1.165) is 23.3 Å². The molecule has 2 amide bonds. The highest BCUT2D eigenvalue weighted by Gasteiger charge is 2.26. The highest BCUT2D eigenvalue weighted by Crippen LogP contribution is 2.17. The number of carbonyl (C=O) groups excluding carboxylic acids is 2. The molecule has 0 saturated heterocycles. The van der Waals surface area contributed by atoms with Crippen LogP contribution < -0.4 is 10.1 Å². The molecule has 0 aliphatic carbocycles. The predicted octanol–water partition coefficient (Wildman–Crippen LogP) is 3.18. The van der Waals surface area contributed by atoms with Crippen molar-refractivity contribution in [1.29, 1.82) is 0 Å². The van der Waals surface area contributed by atoms with Gasteiger partial charge in [0.15, 0.2) is 0 Å². The van der Waals surface area contributed by atoms with Crippen LogP contribution >= 0.6 is 0 Å². The topological polar surface area (TPSA) is 58.6 Å². The molecule has 0 saturated carbocycles. The molecule has 0 heterocycles. The minimum Gasteiger partial charge on any atom is -0.497 e.